The molecular formula is C10H18O2. The van der Waals surface area contributed by atoms with Crippen LogP contribution in [0.25, 0.3) is 0 Å². The van der Waals surface area contributed by atoms with Crippen molar-refractivity contribution in [2.24, 2.45) is 0 Å². The minimum Gasteiger partial charge on any atom is -0.463 e. The Hall–Kier alpha value is -0.790. The van der Waals surface area contributed by atoms with Gasteiger partial charge in [0.25, 0.3) is 0 Å². The number of unbranched alkanes of at least 4 members (excludes halogenated alkanes) is 3. The average molecular weight is 170 g/mol. The van der Waals surface area contributed by atoms with Crippen molar-refractivity contribution in [3.8, 4) is 0 Å². The standard InChI is InChI=1S/C10H18O2/c1-3-5-6-7-8-9-10(11)12-4-2/h8-9H,3-7H2,1-2H3/b9-8-. The molecule has 2 nitrogen and oxygen atoms in total. The van der Waals surface area contributed by atoms with Crippen LogP contribution in [0.2, 0.25) is 0 Å². The topological polar surface area (TPSA) is 26.3 Å². The lowest BCUT2D eigenvalue weighted by atomic mass is 10.2. The summed E-state index contributed by atoms with van der Waals surface area (Å²) in [4.78, 5) is 10.8. The fraction of sp³-hybridized carbons (Fsp3) is 0.700. The van der Waals surface area contributed by atoms with Crippen LogP contribution in [0.5, 0.6) is 0 Å². The number of rotatable bonds is 6. The Morgan fingerprint density at radius 3 is 2.67 bits per heavy atom. The summed E-state index contributed by atoms with van der Waals surface area (Å²) in [6.07, 6.45) is 7.98. The molecule has 0 unspecified atom stereocenters. The molecular weight excluding hydrogens is 152 g/mol. The number of carbonyl (C=O) groups excluding carboxylic acids is 1. The minimum absolute atomic E-state index is 0.228. The van der Waals surface area contributed by atoms with E-state index >= 15 is 0 Å². The van der Waals surface area contributed by atoms with Gasteiger partial charge in [-0.3, -0.25) is 0 Å². The molecule has 0 saturated heterocycles. The predicted molar refractivity (Wildman–Crippen MR) is 49.9 cm³/mol. The summed E-state index contributed by atoms with van der Waals surface area (Å²) in [5, 5.41) is 0. The lowest BCUT2D eigenvalue weighted by Crippen LogP contribution is -1.98. The van der Waals surface area contributed by atoms with Gasteiger partial charge in [-0.2, -0.15) is 0 Å². The van der Waals surface area contributed by atoms with Crippen molar-refractivity contribution in [1.29, 1.82) is 0 Å². The summed E-state index contributed by atoms with van der Waals surface area (Å²) >= 11 is 0. The van der Waals surface area contributed by atoms with E-state index in [1.165, 1.54) is 18.9 Å². The quantitative estimate of drug-likeness (QED) is 0.348. The normalized spacial score (nSPS) is 10.5. The maximum Gasteiger partial charge on any atom is 0.330 e. The third-order valence-electron chi connectivity index (χ3n) is 1.51. The second-order valence-electron chi connectivity index (χ2n) is 2.65. The van der Waals surface area contributed by atoms with Gasteiger partial charge in [-0.05, 0) is 19.8 Å². The molecule has 0 N–H and O–H groups in total. The van der Waals surface area contributed by atoms with Gasteiger partial charge in [0.15, 0.2) is 0 Å². The average Bonchev–Trinajstić information content (AvgIpc) is 2.05. The van der Waals surface area contributed by atoms with Crippen LogP contribution >= 0.6 is 0 Å². The molecule has 0 aromatic rings. The summed E-state index contributed by atoms with van der Waals surface area (Å²) in [6.45, 7) is 4.43. The number of hydrogen-bond acceptors (Lipinski definition) is 2. The van der Waals surface area contributed by atoms with Crippen molar-refractivity contribution in [3.63, 3.8) is 0 Å². The first-order chi connectivity index (χ1) is 5.81. The molecule has 0 fully saturated rings. The molecule has 70 valence electrons. The molecule has 0 rings (SSSR count). The van der Waals surface area contributed by atoms with Crippen molar-refractivity contribution in [3.05, 3.63) is 12.2 Å². The monoisotopic (exact) mass is 170 g/mol. The highest BCUT2D eigenvalue weighted by Crippen LogP contribution is 1.99. The summed E-state index contributed by atoms with van der Waals surface area (Å²) < 4.78 is 4.72. The Morgan fingerprint density at radius 1 is 1.33 bits per heavy atom. The Labute approximate surface area is 74.6 Å². The molecule has 0 saturated carbocycles. The molecule has 0 aliphatic rings. The van der Waals surface area contributed by atoms with E-state index in [1.807, 2.05) is 13.0 Å². The Balaban J connectivity index is 3.29. The number of hydrogen-bond donors (Lipinski definition) is 0. The lowest BCUT2D eigenvalue weighted by Gasteiger charge is -1.94. The Bertz CT molecular complexity index is 139. The van der Waals surface area contributed by atoms with E-state index in [4.69, 9.17) is 4.74 Å². The third kappa shape index (κ3) is 7.32. The van der Waals surface area contributed by atoms with E-state index in [-0.39, 0.29) is 5.97 Å². The molecule has 12 heavy (non-hydrogen) atoms. The van der Waals surface area contributed by atoms with E-state index in [1.54, 1.807) is 0 Å². The second kappa shape index (κ2) is 8.31. The number of carbonyl (C=O) groups is 1. The molecule has 2 heteroatoms. The van der Waals surface area contributed by atoms with Crippen LogP contribution in [0.15, 0.2) is 12.2 Å². The molecule has 0 aromatic heterocycles. The van der Waals surface area contributed by atoms with Crippen LogP contribution in [0.3, 0.4) is 0 Å². The minimum atomic E-state index is -0.228. The van der Waals surface area contributed by atoms with Crippen molar-refractivity contribution in [2.45, 2.75) is 39.5 Å². The van der Waals surface area contributed by atoms with Gasteiger partial charge in [-0.15, -0.1) is 0 Å². The van der Waals surface area contributed by atoms with Crippen molar-refractivity contribution in [2.75, 3.05) is 6.61 Å². The predicted octanol–water partition coefficient (Wildman–Crippen LogP) is 2.69. The first kappa shape index (κ1) is 11.2. The van der Waals surface area contributed by atoms with Gasteiger partial charge in [0.05, 0.1) is 6.61 Å². The first-order valence-electron chi connectivity index (χ1n) is 4.64. The summed E-state index contributed by atoms with van der Waals surface area (Å²) in [6, 6.07) is 0. The van der Waals surface area contributed by atoms with Gasteiger partial charge in [0, 0.05) is 6.08 Å². The number of esters is 1. The van der Waals surface area contributed by atoms with Crippen LogP contribution in [0.4, 0.5) is 0 Å². The fourth-order valence-corrected chi connectivity index (χ4v) is 0.882. The van der Waals surface area contributed by atoms with E-state index in [0.29, 0.717) is 6.61 Å². The van der Waals surface area contributed by atoms with Gasteiger partial charge in [-0.1, -0.05) is 25.8 Å². The Kier molecular flexibility index (Phi) is 7.76. The van der Waals surface area contributed by atoms with E-state index in [9.17, 15) is 4.79 Å². The largest absolute Gasteiger partial charge is 0.463 e. The number of ether oxygens (including phenoxy) is 1. The molecule has 0 aliphatic carbocycles. The highest BCUT2D eigenvalue weighted by Gasteiger charge is 1.91. The zero-order chi connectivity index (χ0) is 9.23. The van der Waals surface area contributed by atoms with Crippen molar-refractivity contribution in [1.82, 2.24) is 0 Å². The smallest absolute Gasteiger partial charge is 0.330 e. The van der Waals surface area contributed by atoms with Gasteiger partial charge in [0.2, 0.25) is 0 Å². The van der Waals surface area contributed by atoms with E-state index in [2.05, 4.69) is 6.92 Å². The highest BCUT2D eigenvalue weighted by molar-refractivity contribution is 5.81. The highest BCUT2D eigenvalue weighted by atomic mass is 16.5. The van der Waals surface area contributed by atoms with E-state index < -0.39 is 0 Å². The van der Waals surface area contributed by atoms with Crippen LogP contribution in [0.1, 0.15) is 39.5 Å². The summed E-state index contributed by atoms with van der Waals surface area (Å²) in [7, 11) is 0. The summed E-state index contributed by atoms with van der Waals surface area (Å²) in [5.41, 5.74) is 0. The fourth-order valence-electron chi connectivity index (χ4n) is 0.882. The van der Waals surface area contributed by atoms with Crippen LogP contribution < -0.4 is 0 Å². The van der Waals surface area contributed by atoms with Crippen LogP contribution in [-0.2, 0) is 9.53 Å². The van der Waals surface area contributed by atoms with Crippen LogP contribution in [0, 0.1) is 0 Å². The molecule has 0 spiro atoms. The lowest BCUT2D eigenvalue weighted by molar-refractivity contribution is -0.137. The van der Waals surface area contributed by atoms with Gasteiger partial charge < -0.3 is 4.74 Å². The molecule has 0 radical (unpaired) electrons. The molecule has 0 atom stereocenters. The third-order valence-corrected chi connectivity index (χ3v) is 1.51. The zero-order valence-electron chi connectivity index (χ0n) is 8.01. The Morgan fingerprint density at radius 2 is 2.08 bits per heavy atom. The van der Waals surface area contributed by atoms with Gasteiger partial charge in [0.1, 0.15) is 0 Å². The zero-order valence-corrected chi connectivity index (χ0v) is 8.01. The van der Waals surface area contributed by atoms with Gasteiger partial charge in [-0.25, -0.2) is 4.79 Å². The number of allylic oxidation sites excluding steroid dienone is 1. The molecule has 0 aliphatic heterocycles. The van der Waals surface area contributed by atoms with E-state index in [0.717, 1.165) is 12.8 Å². The van der Waals surface area contributed by atoms with Crippen molar-refractivity contribution >= 4 is 5.97 Å². The molecule has 0 bridgehead atoms. The second-order valence-corrected chi connectivity index (χ2v) is 2.65. The van der Waals surface area contributed by atoms with Gasteiger partial charge >= 0.3 is 5.97 Å². The summed E-state index contributed by atoms with van der Waals surface area (Å²) in [5.74, 6) is -0.228. The SMILES string of the molecule is CCCCC/C=C\C(=O)OCC. The molecule has 0 amide bonds. The first-order valence-corrected chi connectivity index (χ1v) is 4.64. The maximum atomic E-state index is 10.8. The molecule has 0 heterocycles. The maximum absolute atomic E-state index is 10.8. The van der Waals surface area contributed by atoms with Crippen molar-refractivity contribution < 1.29 is 9.53 Å². The molecule has 0 aromatic carbocycles. The van der Waals surface area contributed by atoms with Crippen LogP contribution in [-0.4, -0.2) is 12.6 Å².